The molecule has 1 saturated heterocycles. The summed E-state index contributed by atoms with van der Waals surface area (Å²) in [6.07, 6.45) is 5.26. The number of hydrogen-bond donors (Lipinski definition) is 0. The van der Waals surface area contributed by atoms with Crippen LogP contribution in [0, 0.1) is 17.7 Å². The predicted molar refractivity (Wildman–Crippen MR) is 95.4 cm³/mol. The lowest BCUT2D eigenvalue weighted by atomic mass is 9.95. The van der Waals surface area contributed by atoms with E-state index in [-0.39, 0.29) is 5.82 Å². The Morgan fingerprint density at radius 1 is 1.08 bits per heavy atom. The second-order valence-electron chi connectivity index (χ2n) is 7.51. The van der Waals surface area contributed by atoms with E-state index in [1.54, 1.807) is 19.2 Å². The number of halogens is 1. The number of ether oxygens (including phenoxy) is 1. The van der Waals surface area contributed by atoms with Crippen LogP contribution in [-0.2, 0) is 11.3 Å². The molecule has 0 spiro atoms. The third kappa shape index (κ3) is 5.54. The zero-order chi connectivity index (χ0) is 16.8. The average molecular weight is 334 g/mol. The lowest BCUT2D eigenvalue weighted by molar-refractivity contribution is 0.107. The summed E-state index contributed by atoms with van der Waals surface area (Å²) in [5.41, 5.74) is 0.825. The molecule has 0 amide bonds. The monoisotopic (exact) mass is 334 g/mol. The van der Waals surface area contributed by atoms with Crippen molar-refractivity contribution in [1.82, 2.24) is 9.80 Å². The van der Waals surface area contributed by atoms with Gasteiger partial charge in [-0.05, 0) is 56.7 Å². The highest BCUT2D eigenvalue weighted by molar-refractivity contribution is 5.17. The molecule has 1 saturated carbocycles. The van der Waals surface area contributed by atoms with Gasteiger partial charge in [-0.1, -0.05) is 18.2 Å². The smallest absolute Gasteiger partial charge is 0.127 e. The second-order valence-corrected chi connectivity index (χ2v) is 7.51. The molecule has 2 aliphatic rings. The zero-order valence-electron chi connectivity index (χ0n) is 14.9. The van der Waals surface area contributed by atoms with Crippen LogP contribution in [0.3, 0.4) is 0 Å². The van der Waals surface area contributed by atoms with Crippen molar-refractivity contribution in [3.8, 4) is 0 Å². The van der Waals surface area contributed by atoms with Crippen molar-refractivity contribution in [3.63, 3.8) is 0 Å². The first-order valence-electron chi connectivity index (χ1n) is 9.41. The third-order valence-corrected chi connectivity index (χ3v) is 5.40. The topological polar surface area (TPSA) is 15.7 Å². The predicted octanol–water partition coefficient (Wildman–Crippen LogP) is 3.40. The molecule has 0 radical (unpaired) electrons. The molecule has 1 aromatic carbocycles. The van der Waals surface area contributed by atoms with Crippen LogP contribution in [-0.4, -0.2) is 56.2 Å². The molecule has 1 heterocycles. The van der Waals surface area contributed by atoms with E-state index in [4.69, 9.17) is 4.74 Å². The van der Waals surface area contributed by atoms with Gasteiger partial charge in [0.05, 0.1) is 6.61 Å². The zero-order valence-corrected chi connectivity index (χ0v) is 14.9. The lowest BCUT2D eigenvalue weighted by Crippen LogP contribution is -2.40. The Hall–Kier alpha value is -0.970. The molecule has 0 unspecified atom stereocenters. The van der Waals surface area contributed by atoms with Crippen LogP contribution in [0.4, 0.5) is 4.39 Å². The van der Waals surface area contributed by atoms with Gasteiger partial charge >= 0.3 is 0 Å². The number of piperidine rings is 1. The highest BCUT2D eigenvalue weighted by Crippen LogP contribution is 2.30. The van der Waals surface area contributed by atoms with E-state index in [9.17, 15) is 4.39 Å². The minimum absolute atomic E-state index is 0.0743. The number of benzene rings is 1. The first-order chi connectivity index (χ1) is 11.7. The Morgan fingerprint density at radius 2 is 1.75 bits per heavy atom. The van der Waals surface area contributed by atoms with E-state index >= 15 is 0 Å². The molecule has 1 aliphatic carbocycles. The van der Waals surface area contributed by atoms with Gasteiger partial charge in [-0.2, -0.15) is 0 Å². The Morgan fingerprint density at radius 3 is 2.38 bits per heavy atom. The van der Waals surface area contributed by atoms with E-state index < -0.39 is 0 Å². The summed E-state index contributed by atoms with van der Waals surface area (Å²) in [5.74, 6) is 1.63. The largest absolute Gasteiger partial charge is 0.383 e. The average Bonchev–Trinajstić information content (AvgIpc) is 3.40. The summed E-state index contributed by atoms with van der Waals surface area (Å²) in [6, 6.07) is 7.16. The molecule has 3 rings (SSSR count). The van der Waals surface area contributed by atoms with Crippen molar-refractivity contribution >= 4 is 0 Å². The minimum atomic E-state index is -0.0743. The highest BCUT2D eigenvalue weighted by Gasteiger charge is 2.27. The van der Waals surface area contributed by atoms with Crippen molar-refractivity contribution in [2.24, 2.45) is 11.8 Å². The Kier molecular flexibility index (Phi) is 6.64. The number of rotatable bonds is 9. The molecule has 0 aromatic heterocycles. The Bertz CT molecular complexity index is 498. The fraction of sp³-hybridized carbons (Fsp3) is 0.700. The standard InChI is InChI=1S/C20H31FN2O/c1-24-13-12-23(14-17-6-7-17)15-18-8-10-22(11-9-18)16-19-4-2-3-5-20(19)21/h2-5,17-18H,6-16H2,1H3. The van der Waals surface area contributed by atoms with Gasteiger partial charge in [-0.25, -0.2) is 4.39 Å². The summed E-state index contributed by atoms with van der Waals surface area (Å²) in [4.78, 5) is 5.01. The SMILES string of the molecule is COCCN(CC1CC1)CC1CCN(Cc2ccccc2F)CC1. The number of hydrogen-bond acceptors (Lipinski definition) is 3. The van der Waals surface area contributed by atoms with Gasteiger partial charge in [-0.3, -0.25) is 4.90 Å². The molecule has 1 aliphatic heterocycles. The maximum Gasteiger partial charge on any atom is 0.127 e. The third-order valence-electron chi connectivity index (χ3n) is 5.40. The summed E-state index contributed by atoms with van der Waals surface area (Å²) in [7, 11) is 1.79. The molecular formula is C20H31FN2O. The summed E-state index contributed by atoms with van der Waals surface area (Å²) < 4.78 is 19.1. The van der Waals surface area contributed by atoms with Gasteiger partial charge in [0.1, 0.15) is 5.82 Å². The number of likely N-dealkylation sites (tertiary alicyclic amines) is 1. The van der Waals surface area contributed by atoms with Gasteiger partial charge in [0, 0.05) is 38.9 Å². The van der Waals surface area contributed by atoms with Crippen molar-refractivity contribution in [2.75, 3.05) is 46.4 Å². The molecule has 4 heteroatoms. The first kappa shape index (κ1) is 17.8. The van der Waals surface area contributed by atoms with Crippen LogP contribution in [0.15, 0.2) is 24.3 Å². The lowest BCUT2D eigenvalue weighted by Gasteiger charge is -2.35. The van der Waals surface area contributed by atoms with Gasteiger partial charge in [0.25, 0.3) is 0 Å². The van der Waals surface area contributed by atoms with Crippen molar-refractivity contribution in [1.29, 1.82) is 0 Å². The van der Waals surface area contributed by atoms with Crippen LogP contribution in [0.2, 0.25) is 0 Å². The molecule has 24 heavy (non-hydrogen) atoms. The summed E-state index contributed by atoms with van der Waals surface area (Å²) in [6.45, 7) is 7.25. The van der Waals surface area contributed by atoms with Gasteiger partial charge in [-0.15, -0.1) is 0 Å². The molecule has 0 atom stereocenters. The Balaban J connectivity index is 1.42. The summed E-state index contributed by atoms with van der Waals surface area (Å²) in [5, 5.41) is 0. The molecule has 0 bridgehead atoms. The van der Waals surface area contributed by atoms with Crippen LogP contribution in [0.5, 0.6) is 0 Å². The Labute approximate surface area is 145 Å². The highest BCUT2D eigenvalue weighted by atomic mass is 19.1. The molecule has 1 aromatic rings. The van der Waals surface area contributed by atoms with E-state index in [0.717, 1.165) is 50.2 Å². The second kappa shape index (κ2) is 8.93. The van der Waals surface area contributed by atoms with E-state index in [1.165, 1.54) is 38.8 Å². The van der Waals surface area contributed by atoms with Crippen LogP contribution in [0.1, 0.15) is 31.2 Å². The maximum absolute atomic E-state index is 13.8. The van der Waals surface area contributed by atoms with Gasteiger partial charge in [0.15, 0.2) is 0 Å². The maximum atomic E-state index is 13.8. The number of nitrogens with zero attached hydrogens (tertiary/aromatic N) is 2. The minimum Gasteiger partial charge on any atom is -0.383 e. The quantitative estimate of drug-likeness (QED) is 0.688. The fourth-order valence-corrected chi connectivity index (χ4v) is 3.70. The van der Waals surface area contributed by atoms with E-state index in [1.807, 2.05) is 12.1 Å². The van der Waals surface area contributed by atoms with Crippen molar-refractivity contribution in [3.05, 3.63) is 35.6 Å². The molecule has 0 N–H and O–H groups in total. The van der Waals surface area contributed by atoms with Crippen LogP contribution < -0.4 is 0 Å². The van der Waals surface area contributed by atoms with Crippen molar-refractivity contribution < 1.29 is 9.13 Å². The molecule has 134 valence electrons. The van der Waals surface area contributed by atoms with E-state index in [2.05, 4.69) is 9.80 Å². The molecular weight excluding hydrogens is 303 g/mol. The van der Waals surface area contributed by atoms with E-state index in [0.29, 0.717) is 0 Å². The normalized spacial score (nSPS) is 20.0. The van der Waals surface area contributed by atoms with Gasteiger partial charge in [0.2, 0.25) is 0 Å². The molecule has 2 fully saturated rings. The summed E-state index contributed by atoms with van der Waals surface area (Å²) >= 11 is 0. The van der Waals surface area contributed by atoms with Crippen LogP contribution >= 0.6 is 0 Å². The first-order valence-corrected chi connectivity index (χ1v) is 9.41. The fourth-order valence-electron chi connectivity index (χ4n) is 3.70. The number of methoxy groups -OCH3 is 1. The van der Waals surface area contributed by atoms with Gasteiger partial charge < -0.3 is 9.64 Å². The molecule has 3 nitrogen and oxygen atoms in total. The van der Waals surface area contributed by atoms with Crippen LogP contribution in [0.25, 0.3) is 0 Å². The van der Waals surface area contributed by atoms with Crippen molar-refractivity contribution in [2.45, 2.75) is 32.2 Å².